The Kier molecular flexibility index (Phi) is 9.70. The second-order valence-electron chi connectivity index (χ2n) is 1.46. The highest BCUT2D eigenvalue weighted by Crippen LogP contribution is 2.07. The Morgan fingerprint density at radius 2 is 1.30 bits per heavy atom. The molecule has 0 aromatic heterocycles. The fraction of sp³-hybridized carbons (Fsp3) is 0.667. The first-order valence-electron chi connectivity index (χ1n) is 3.01. The van der Waals surface area contributed by atoms with E-state index in [-0.39, 0.29) is 13.2 Å². The zero-order valence-corrected chi connectivity index (χ0v) is 7.33. The highest BCUT2D eigenvalue weighted by atomic mass is 32.2. The van der Waals surface area contributed by atoms with Gasteiger partial charge in [-0.2, -0.15) is 0 Å². The van der Waals surface area contributed by atoms with Gasteiger partial charge in [-0.1, -0.05) is 0 Å². The second-order valence-corrected chi connectivity index (χ2v) is 3.49. The van der Waals surface area contributed by atoms with Gasteiger partial charge in [0.25, 0.3) is 0 Å². The van der Waals surface area contributed by atoms with Crippen LogP contribution in [0.3, 0.4) is 0 Å². The third kappa shape index (κ3) is 8.36. The maximum absolute atomic E-state index is 8.37. The Bertz CT molecular complexity index is 75.8. The predicted octanol–water partition coefficient (Wildman–Crippen LogP) is 0.909. The Hall–Kier alpha value is 0.360. The molecule has 0 aromatic carbocycles. The van der Waals surface area contributed by atoms with E-state index in [2.05, 4.69) is 0 Å². The summed E-state index contributed by atoms with van der Waals surface area (Å²) < 4.78 is 0. The molecule has 0 fully saturated rings. The first kappa shape index (κ1) is 10.4. The molecule has 0 rings (SSSR count). The number of hydrogen-bond acceptors (Lipinski definition) is 4. The zero-order valence-electron chi connectivity index (χ0n) is 5.69. The summed E-state index contributed by atoms with van der Waals surface area (Å²) in [5.41, 5.74) is 0. The van der Waals surface area contributed by atoms with Gasteiger partial charge in [-0.3, -0.25) is 0 Å². The number of aliphatic hydroxyl groups is 2. The van der Waals surface area contributed by atoms with Crippen LogP contribution in [0, 0.1) is 0 Å². The van der Waals surface area contributed by atoms with Gasteiger partial charge in [-0.15, -0.1) is 23.5 Å². The highest BCUT2D eigenvalue weighted by Gasteiger charge is 1.80. The van der Waals surface area contributed by atoms with Crippen molar-refractivity contribution in [2.45, 2.75) is 0 Å². The first-order valence-corrected chi connectivity index (χ1v) is 5.11. The first-order chi connectivity index (χ1) is 4.91. The van der Waals surface area contributed by atoms with Crippen LogP contribution < -0.4 is 0 Å². The van der Waals surface area contributed by atoms with Crippen molar-refractivity contribution in [2.75, 3.05) is 24.7 Å². The van der Waals surface area contributed by atoms with Gasteiger partial charge in [0.2, 0.25) is 0 Å². The van der Waals surface area contributed by atoms with Crippen LogP contribution in [0.15, 0.2) is 10.8 Å². The smallest absolute Gasteiger partial charge is 0.0525 e. The van der Waals surface area contributed by atoms with E-state index in [1.165, 1.54) is 0 Å². The lowest BCUT2D eigenvalue weighted by Gasteiger charge is -1.89. The van der Waals surface area contributed by atoms with Gasteiger partial charge in [-0.25, -0.2) is 0 Å². The Morgan fingerprint density at radius 3 is 1.60 bits per heavy atom. The van der Waals surface area contributed by atoms with E-state index in [0.29, 0.717) is 0 Å². The molecular formula is C6H12O2S2. The van der Waals surface area contributed by atoms with Gasteiger partial charge in [0, 0.05) is 11.5 Å². The average molecular weight is 180 g/mol. The fourth-order valence-electron chi connectivity index (χ4n) is 0.320. The van der Waals surface area contributed by atoms with Crippen molar-refractivity contribution in [1.82, 2.24) is 0 Å². The Morgan fingerprint density at radius 1 is 0.900 bits per heavy atom. The monoisotopic (exact) mass is 180 g/mol. The summed E-state index contributed by atoms with van der Waals surface area (Å²) in [6, 6.07) is 0. The lowest BCUT2D eigenvalue weighted by molar-refractivity contribution is 0.322. The summed E-state index contributed by atoms with van der Waals surface area (Å²) >= 11 is 3.14. The maximum atomic E-state index is 8.37. The van der Waals surface area contributed by atoms with Crippen LogP contribution >= 0.6 is 23.5 Å². The Labute approximate surface area is 69.7 Å². The molecule has 2 N–H and O–H groups in total. The SMILES string of the molecule is OCCS/C=C\SCCO. The predicted molar refractivity (Wildman–Crippen MR) is 48.2 cm³/mol. The summed E-state index contributed by atoms with van der Waals surface area (Å²) in [6.45, 7) is 0.444. The largest absolute Gasteiger partial charge is 0.396 e. The topological polar surface area (TPSA) is 40.5 Å². The second kappa shape index (κ2) is 9.36. The van der Waals surface area contributed by atoms with Crippen molar-refractivity contribution < 1.29 is 10.2 Å². The van der Waals surface area contributed by atoms with Crippen molar-refractivity contribution in [1.29, 1.82) is 0 Å². The van der Waals surface area contributed by atoms with Crippen LogP contribution in [-0.4, -0.2) is 34.9 Å². The van der Waals surface area contributed by atoms with Crippen LogP contribution in [0.2, 0.25) is 0 Å². The number of aliphatic hydroxyl groups excluding tert-OH is 2. The molecule has 2 nitrogen and oxygen atoms in total. The molecule has 0 aliphatic heterocycles. The summed E-state index contributed by atoms with van der Waals surface area (Å²) in [4.78, 5) is 0. The normalized spacial score (nSPS) is 11.0. The quantitative estimate of drug-likeness (QED) is 0.596. The zero-order chi connectivity index (χ0) is 7.66. The Balaban J connectivity index is 2.89. The summed E-state index contributed by atoms with van der Waals surface area (Å²) in [6.07, 6.45) is 0. The van der Waals surface area contributed by atoms with Crippen molar-refractivity contribution in [3.63, 3.8) is 0 Å². The lowest BCUT2D eigenvalue weighted by Crippen LogP contribution is -1.82. The van der Waals surface area contributed by atoms with Crippen molar-refractivity contribution in [2.24, 2.45) is 0 Å². The van der Waals surface area contributed by atoms with E-state index < -0.39 is 0 Å². The van der Waals surface area contributed by atoms with Crippen LogP contribution in [0.5, 0.6) is 0 Å². The number of hydrogen-bond donors (Lipinski definition) is 2. The molecule has 0 heterocycles. The number of rotatable bonds is 6. The van der Waals surface area contributed by atoms with Crippen LogP contribution in [0.1, 0.15) is 0 Å². The van der Waals surface area contributed by atoms with Gasteiger partial charge in [0.1, 0.15) is 0 Å². The van der Waals surface area contributed by atoms with E-state index in [1.54, 1.807) is 23.5 Å². The molecule has 0 saturated heterocycles. The van der Waals surface area contributed by atoms with Crippen LogP contribution in [0.25, 0.3) is 0 Å². The van der Waals surface area contributed by atoms with Crippen molar-refractivity contribution in [3.05, 3.63) is 10.8 Å². The summed E-state index contributed by atoms with van der Waals surface area (Å²) in [5, 5.41) is 20.6. The van der Waals surface area contributed by atoms with E-state index >= 15 is 0 Å². The molecule has 60 valence electrons. The molecular weight excluding hydrogens is 168 g/mol. The van der Waals surface area contributed by atoms with Gasteiger partial charge in [0.05, 0.1) is 13.2 Å². The standard InChI is InChI=1S/C6H12O2S2/c7-1-3-9-5-6-10-4-2-8/h5-8H,1-4H2/b6-5-. The highest BCUT2D eigenvalue weighted by molar-refractivity contribution is 8.05. The van der Waals surface area contributed by atoms with Crippen molar-refractivity contribution in [3.8, 4) is 0 Å². The molecule has 0 spiro atoms. The molecule has 0 aliphatic carbocycles. The van der Waals surface area contributed by atoms with Gasteiger partial charge in [0.15, 0.2) is 0 Å². The molecule has 10 heavy (non-hydrogen) atoms. The third-order valence-corrected chi connectivity index (χ3v) is 2.33. The third-order valence-electron chi connectivity index (χ3n) is 0.666. The van der Waals surface area contributed by atoms with E-state index in [9.17, 15) is 0 Å². The summed E-state index contributed by atoms with van der Waals surface area (Å²) in [7, 11) is 0. The lowest BCUT2D eigenvalue weighted by atomic mass is 10.9. The van der Waals surface area contributed by atoms with Crippen LogP contribution in [0.4, 0.5) is 0 Å². The van der Waals surface area contributed by atoms with Gasteiger partial charge < -0.3 is 10.2 Å². The van der Waals surface area contributed by atoms with Gasteiger partial charge in [-0.05, 0) is 10.8 Å². The molecule has 4 heteroatoms. The molecule has 0 amide bonds. The summed E-state index contributed by atoms with van der Waals surface area (Å²) in [5.74, 6) is 1.49. The maximum Gasteiger partial charge on any atom is 0.0525 e. The molecule has 0 radical (unpaired) electrons. The van der Waals surface area contributed by atoms with Crippen LogP contribution in [-0.2, 0) is 0 Å². The van der Waals surface area contributed by atoms with E-state index in [1.807, 2.05) is 10.8 Å². The van der Waals surface area contributed by atoms with Gasteiger partial charge >= 0.3 is 0 Å². The van der Waals surface area contributed by atoms with Crippen molar-refractivity contribution >= 4 is 23.5 Å². The molecule has 0 aliphatic rings. The number of thioether (sulfide) groups is 2. The minimum Gasteiger partial charge on any atom is -0.396 e. The minimum atomic E-state index is 0.222. The fourth-order valence-corrected chi connectivity index (χ4v) is 1.43. The minimum absolute atomic E-state index is 0.222. The molecule has 0 saturated carbocycles. The van der Waals surface area contributed by atoms with E-state index in [4.69, 9.17) is 10.2 Å². The molecule has 0 bridgehead atoms. The molecule has 0 atom stereocenters. The van der Waals surface area contributed by atoms with E-state index in [0.717, 1.165) is 11.5 Å². The average Bonchev–Trinajstić information content (AvgIpc) is 1.97. The molecule has 0 aromatic rings. The molecule has 0 unspecified atom stereocenters.